The fourth-order valence-electron chi connectivity index (χ4n) is 3.82. The first-order valence-corrected chi connectivity index (χ1v) is 10.3. The lowest BCUT2D eigenvalue weighted by molar-refractivity contribution is -0.0811. The van der Waals surface area contributed by atoms with Gasteiger partial charge in [-0.2, -0.15) is 4.98 Å². The van der Waals surface area contributed by atoms with Crippen LogP contribution in [-0.2, 0) is 16.1 Å². The van der Waals surface area contributed by atoms with Gasteiger partial charge in [0.25, 0.3) is 0 Å². The van der Waals surface area contributed by atoms with Crippen LogP contribution in [0.2, 0.25) is 0 Å². The second-order valence-electron chi connectivity index (χ2n) is 8.03. The van der Waals surface area contributed by atoms with Gasteiger partial charge in [-0.05, 0) is 49.3 Å². The molecule has 1 saturated heterocycles. The Hall–Kier alpha value is -2.38. The molecule has 4 rings (SSSR count). The molecule has 1 aromatic heterocycles. The van der Waals surface area contributed by atoms with Crippen LogP contribution >= 0.6 is 0 Å². The number of aromatic nitrogens is 2. The second-order valence-corrected chi connectivity index (χ2v) is 8.03. The molecule has 0 spiro atoms. The molecule has 29 heavy (non-hydrogen) atoms. The van der Waals surface area contributed by atoms with E-state index in [1.165, 1.54) is 12.8 Å². The van der Waals surface area contributed by atoms with Gasteiger partial charge in [-0.3, -0.25) is 0 Å². The highest BCUT2D eigenvalue weighted by molar-refractivity contribution is 5.72. The van der Waals surface area contributed by atoms with E-state index in [9.17, 15) is 5.11 Å². The molecule has 1 saturated carbocycles. The topological polar surface area (TPSA) is 85.7 Å². The zero-order valence-electron chi connectivity index (χ0n) is 17.1. The van der Waals surface area contributed by atoms with Gasteiger partial charge >= 0.3 is 0 Å². The molecule has 1 aliphatic heterocycles. The van der Waals surface area contributed by atoms with Crippen molar-refractivity contribution in [2.24, 2.45) is 5.92 Å². The number of nitrogens with one attached hydrogen (secondary N) is 1. The van der Waals surface area contributed by atoms with E-state index in [0.717, 1.165) is 35.6 Å². The Balaban J connectivity index is 1.68. The number of aromatic hydroxyl groups is 1. The molecule has 2 aliphatic rings. The van der Waals surface area contributed by atoms with Gasteiger partial charge in [0.1, 0.15) is 11.9 Å². The number of phenolic OH excluding ortho intramolecular Hbond substituents is 1. The lowest BCUT2D eigenvalue weighted by Crippen LogP contribution is -2.39. The van der Waals surface area contributed by atoms with Gasteiger partial charge in [0.2, 0.25) is 11.8 Å². The van der Waals surface area contributed by atoms with E-state index in [2.05, 4.69) is 12.2 Å². The Labute approximate surface area is 171 Å². The van der Waals surface area contributed by atoms with Crippen LogP contribution < -0.4 is 10.1 Å². The summed E-state index contributed by atoms with van der Waals surface area (Å²) in [6, 6.07) is 7.36. The average Bonchev–Trinajstić information content (AvgIpc) is 2.68. The molecule has 0 radical (unpaired) electrons. The normalized spacial score (nSPS) is 22.1. The summed E-state index contributed by atoms with van der Waals surface area (Å²) in [6.07, 6.45) is 4.67. The molecule has 0 bridgehead atoms. The zero-order valence-corrected chi connectivity index (χ0v) is 17.1. The van der Waals surface area contributed by atoms with Crippen LogP contribution in [0.25, 0.3) is 11.1 Å². The number of hydrogen-bond donors (Lipinski definition) is 2. The number of ether oxygens (including phenoxy) is 3. The molecule has 2 heterocycles. The molecule has 7 nitrogen and oxygen atoms in total. The molecular formula is C22H29N3O4. The number of benzene rings is 1. The monoisotopic (exact) mass is 399 g/mol. The molecule has 2 N–H and O–H groups in total. The standard InChI is InChI=1S/C22H29N3O4/c1-14-3-7-16(8-4-14)23-22-24-19(13-27-2)20(15-5-9-17(26)10-6-15)21(25-22)29-18-11-28-12-18/h5-6,9-10,14,16,18,26H,3-4,7-8,11-13H2,1-2H3,(H,23,24,25). The van der Waals surface area contributed by atoms with Crippen LogP contribution in [-0.4, -0.2) is 47.5 Å². The highest BCUT2D eigenvalue weighted by Crippen LogP contribution is 2.35. The largest absolute Gasteiger partial charge is 0.508 e. The quantitative estimate of drug-likeness (QED) is 0.733. The van der Waals surface area contributed by atoms with E-state index in [1.807, 2.05) is 12.1 Å². The molecular weight excluding hydrogens is 370 g/mol. The number of anilines is 1. The van der Waals surface area contributed by atoms with E-state index >= 15 is 0 Å². The Morgan fingerprint density at radius 2 is 1.83 bits per heavy atom. The lowest BCUT2D eigenvalue weighted by Gasteiger charge is -2.29. The first kappa shape index (κ1) is 19.9. The zero-order chi connectivity index (χ0) is 20.2. The number of hydrogen-bond acceptors (Lipinski definition) is 7. The number of rotatable bonds is 7. The van der Waals surface area contributed by atoms with Crippen molar-refractivity contribution in [3.63, 3.8) is 0 Å². The molecule has 156 valence electrons. The summed E-state index contributed by atoms with van der Waals surface area (Å²) in [6.45, 7) is 3.76. The predicted octanol–water partition coefficient (Wildman–Crippen LogP) is 3.76. The summed E-state index contributed by atoms with van der Waals surface area (Å²) in [5.41, 5.74) is 2.43. The van der Waals surface area contributed by atoms with E-state index in [1.54, 1.807) is 19.2 Å². The highest BCUT2D eigenvalue weighted by atomic mass is 16.6. The lowest BCUT2D eigenvalue weighted by atomic mass is 9.87. The van der Waals surface area contributed by atoms with Crippen LogP contribution in [0.5, 0.6) is 11.6 Å². The predicted molar refractivity (Wildman–Crippen MR) is 110 cm³/mol. The minimum absolute atomic E-state index is 0.0143. The third-order valence-corrected chi connectivity index (χ3v) is 5.62. The molecule has 0 atom stereocenters. The maximum absolute atomic E-state index is 9.67. The molecule has 0 amide bonds. The molecule has 0 unspecified atom stereocenters. The second kappa shape index (κ2) is 8.97. The number of nitrogens with zero attached hydrogens (tertiary/aromatic N) is 2. The van der Waals surface area contributed by atoms with Crippen LogP contribution in [0.4, 0.5) is 5.95 Å². The molecule has 1 aromatic carbocycles. The van der Waals surface area contributed by atoms with Gasteiger partial charge < -0.3 is 24.6 Å². The van der Waals surface area contributed by atoms with E-state index in [0.29, 0.717) is 37.7 Å². The first-order chi connectivity index (χ1) is 14.1. The summed E-state index contributed by atoms with van der Waals surface area (Å²) in [5.74, 6) is 2.10. The van der Waals surface area contributed by atoms with Crippen molar-refractivity contribution in [3.8, 4) is 22.8 Å². The SMILES string of the molecule is COCc1nc(NC2CCC(C)CC2)nc(OC2COC2)c1-c1ccc(O)cc1. The average molecular weight is 399 g/mol. The van der Waals surface area contributed by atoms with Gasteiger partial charge in [-0.15, -0.1) is 0 Å². The minimum Gasteiger partial charge on any atom is -0.508 e. The fraction of sp³-hybridized carbons (Fsp3) is 0.545. The third-order valence-electron chi connectivity index (χ3n) is 5.62. The molecule has 2 aromatic rings. The highest BCUT2D eigenvalue weighted by Gasteiger charge is 2.26. The molecule has 1 aliphatic carbocycles. The van der Waals surface area contributed by atoms with Crippen molar-refractivity contribution >= 4 is 5.95 Å². The van der Waals surface area contributed by atoms with Crippen molar-refractivity contribution in [1.82, 2.24) is 9.97 Å². The summed E-state index contributed by atoms with van der Waals surface area (Å²) in [4.78, 5) is 9.50. The minimum atomic E-state index is -0.0143. The molecule has 7 heteroatoms. The van der Waals surface area contributed by atoms with E-state index < -0.39 is 0 Å². The van der Waals surface area contributed by atoms with Crippen LogP contribution in [0.1, 0.15) is 38.3 Å². The fourth-order valence-corrected chi connectivity index (χ4v) is 3.82. The summed E-state index contributed by atoms with van der Waals surface area (Å²) in [7, 11) is 1.65. The number of methoxy groups -OCH3 is 1. The van der Waals surface area contributed by atoms with Crippen molar-refractivity contribution in [2.75, 3.05) is 25.6 Å². The maximum atomic E-state index is 9.67. The van der Waals surface area contributed by atoms with Gasteiger partial charge in [-0.25, -0.2) is 4.98 Å². The Morgan fingerprint density at radius 3 is 2.45 bits per heavy atom. The Bertz CT molecular complexity index is 816. The first-order valence-electron chi connectivity index (χ1n) is 10.3. The van der Waals surface area contributed by atoms with Crippen LogP contribution in [0.15, 0.2) is 24.3 Å². The van der Waals surface area contributed by atoms with Gasteiger partial charge in [0, 0.05) is 13.2 Å². The van der Waals surface area contributed by atoms with Crippen LogP contribution in [0, 0.1) is 5.92 Å². The Kier molecular flexibility index (Phi) is 6.16. The van der Waals surface area contributed by atoms with Crippen molar-refractivity contribution in [3.05, 3.63) is 30.0 Å². The van der Waals surface area contributed by atoms with Crippen molar-refractivity contribution in [2.45, 2.75) is 51.4 Å². The number of phenols is 1. The summed E-state index contributed by atoms with van der Waals surface area (Å²) >= 11 is 0. The van der Waals surface area contributed by atoms with E-state index in [4.69, 9.17) is 24.2 Å². The summed E-state index contributed by atoms with van der Waals surface area (Å²) in [5, 5.41) is 13.2. The van der Waals surface area contributed by atoms with Gasteiger partial charge in [0.15, 0.2) is 0 Å². The van der Waals surface area contributed by atoms with Crippen molar-refractivity contribution in [1.29, 1.82) is 0 Å². The maximum Gasteiger partial charge on any atom is 0.227 e. The van der Waals surface area contributed by atoms with E-state index in [-0.39, 0.29) is 11.9 Å². The van der Waals surface area contributed by atoms with Gasteiger partial charge in [0.05, 0.1) is 31.1 Å². The Morgan fingerprint density at radius 1 is 1.10 bits per heavy atom. The van der Waals surface area contributed by atoms with Gasteiger partial charge in [-0.1, -0.05) is 19.1 Å². The molecule has 2 fully saturated rings. The smallest absolute Gasteiger partial charge is 0.227 e. The van der Waals surface area contributed by atoms with Crippen LogP contribution in [0.3, 0.4) is 0 Å². The van der Waals surface area contributed by atoms with Crippen molar-refractivity contribution < 1.29 is 19.3 Å². The summed E-state index contributed by atoms with van der Waals surface area (Å²) < 4.78 is 16.9. The third kappa shape index (κ3) is 4.79.